The third-order valence-corrected chi connectivity index (χ3v) is 8.36. The fourth-order valence-corrected chi connectivity index (χ4v) is 6.89. The molecule has 5 aromatic rings. The first-order chi connectivity index (χ1) is 16.9. The number of para-hydroxylation sites is 2. The molecule has 3 aromatic carbocycles. The van der Waals surface area contributed by atoms with E-state index in [4.69, 9.17) is 9.47 Å². The molecule has 2 aromatic heterocycles. The van der Waals surface area contributed by atoms with Crippen molar-refractivity contribution in [2.45, 2.75) is 37.4 Å². The van der Waals surface area contributed by atoms with Gasteiger partial charge in [-0.3, -0.25) is 4.79 Å². The van der Waals surface area contributed by atoms with Crippen LogP contribution < -0.4 is 5.32 Å². The molecule has 2 unspecified atom stereocenters. The number of hydrogen-bond acceptors (Lipinski definition) is 5. The summed E-state index contributed by atoms with van der Waals surface area (Å²) in [6.45, 7) is 2.17. The molecule has 0 spiro atoms. The predicted molar refractivity (Wildman–Crippen MR) is 129 cm³/mol. The molecular formula is C27H21N3O5. The van der Waals surface area contributed by atoms with Gasteiger partial charge >= 0.3 is 5.97 Å². The highest BCUT2D eigenvalue weighted by Gasteiger charge is 2.65. The third-order valence-electron chi connectivity index (χ3n) is 8.36. The van der Waals surface area contributed by atoms with Crippen molar-refractivity contribution in [2.75, 3.05) is 7.11 Å². The number of methoxy groups -OCH3 is 1. The summed E-state index contributed by atoms with van der Waals surface area (Å²) >= 11 is 0. The Bertz CT molecular complexity index is 1830. The van der Waals surface area contributed by atoms with Gasteiger partial charge in [-0.05, 0) is 24.6 Å². The number of ether oxygens (including phenoxy) is 2. The topological polar surface area (TPSA) is 94.7 Å². The van der Waals surface area contributed by atoms with Gasteiger partial charge in [-0.1, -0.05) is 36.4 Å². The lowest BCUT2D eigenvalue weighted by molar-refractivity contribution is -0.202. The average molecular weight is 467 g/mol. The van der Waals surface area contributed by atoms with Crippen molar-refractivity contribution in [3.05, 3.63) is 59.7 Å². The maximum Gasteiger partial charge on any atom is 0.343 e. The second-order valence-electron chi connectivity index (χ2n) is 9.83. The van der Waals surface area contributed by atoms with Crippen LogP contribution in [0.2, 0.25) is 0 Å². The number of nitrogens with one attached hydrogen (secondary N) is 1. The highest BCUT2D eigenvalue weighted by Crippen LogP contribution is 2.57. The van der Waals surface area contributed by atoms with Crippen LogP contribution in [0.15, 0.2) is 48.5 Å². The molecular weight excluding hydrogens is 446 g/mol. The lowest BCUT2D eigenvalue weighted by Gasteiger charge is -2.37. The molecule has 2 bridgehead atoms. The number of esters is 1. The highest BCUT2D eigenvalue weighted by atomic mass is 16.6. The molecule has 0 saturated carbocycles. The second kappa shape index (κ2) is 5.84. The van der Waals surface area contributed by atoms with Gasteiger partial charge in [-0.2, -0.15) is 0 Å². The van der Waals surface area contributed by atoms with Crippen LogP contribution in [0.5, 0.6) is 0 Å². The molecule has 0 radical (unpaired) electrons. The average Bonchev–Trinajstić information content (AvgIpc) is 3.55. The summed E-state index contributed by atoms with van der Waals surface area (Å²) in [5.74, 6) is -0.822. The smallest absolute Gasteiger partial charge is 0.343 e. The third kappa shape index (κ3) is 1.89. The van der Waals surface area contributed by atoms with E-state index in [1.54, 1.807) is 6.92 Å². The number of nitrogens with zero attached hydrogens (tertiary/aromatic N) is 2. The van der Waals surface area contributed by atoms with Crippen LogP contribution in [0.25, 0.3) is 43.6 Å². The number of hydrogen-bond donors (Lipinski definition) is 2. The summed E-state index contributed by atoms with van der Waals surface area (Å²) < 4.78 is 15.8. The van der Waals surface area contributed by atoms with Crippen LogP contribution >= 0.6 is 0 Å². The van der Waals surface area contributed by atoms with Gasteiger partial charge in [0.1, 0.15) is 6.23 Å². The molecule has 1 amide bonds. The zero-order valence-electron chi connectivity index (χ0n) is 19.1. The van der Waals surface area contributed by atoms with Crippen molar-refractivity contribution in [2.24, 2.45) is 0 Å². The lowest BCUT2D eigenvalue weighted by Crippen LogP contribution is -2.56. The molecule has 8 heteroatoms. The van der Waals surface area contributed by atoms with Crippen LogP contribution in [0.4, 0.5) is 0 Å². The Balaban J connectivity index is 1.73. The molecule has 3 aliphatic heterocycles. The van der Waals surface area contributed by atoms with Crippen molar-refractivity contribution >= 4 is 55.5 Å². The first-order valence-corrected chi connectivity index (χ1v) is 11.7. The predicted octanol–water partition coefficient (Wildman–Crippen LogP) is 3.66. The van der Waals surface area contributed by atoms with E-state index < -0.39 is 23.5 Å². The number of aliphatic hydroxyl groups is 1. The minimum atomic E-state index is -1.93. The zero-order valence-corrected chi connectivity index (χ0v) is 19.1. The molecule has 0 aliphatic carbocycles. The number of carbonyl (C=O) groups excluding carboxylic acids is 2. The summed E-state index contributed by atoms with van der Waals surface area (Å²) in [7, 11) is 1.28. The maximum absolute atomic E-state index is 13.2. The van der Waals surface area contributed by atoms with Gasteiger partial charge in [0.25, 0.3) is 5.91 Å². The molecule has 3 atom stereocenters. The van der Waals surface area contributed by atoms with Gasteiger partial charge in [0.05, 0.1) is 34.7 Å². The second-order valence-corrected chi connectivity index (χ2v) is 9.83. The molecule has 1 saturated heterocycles. The van der Waals surface area contributed by atoms with Crippen LogP contribution in [-0.4, -0.2) is 38.8 Å². The monoisotopic (exact) mass is 467 g/mol. The fourth-order valence-electron chi connectivity index (χ4n) is 6.89. The van der Waals surface area contributed by atoms with Crippen LogP contribution in [0, 0.1) is 0 Å². The Morgan fingerprint density at radius 1 is 1.09 bits per heavy atom. The number of aromatic nitrogens is 2. The molecule has 5 heterocycles. The molecule has 35 heavy (non-hydrogen) atoms. The largest absolute Gasteiger partial charge is 0.467 e. The van der Waals surface area contributed by atoms with Gasteiger partial charge in [-0.25, -0.2) is 4.79 Å². The van der Waals surface area contributed by atoms with Crippen molar-refractivity contribution < 1.29 is 24.2 Å². The van der Waals surface area contributed by atoms with Crippen LogP contribution in [-0.2, 0) is 26.5 Å². The molecule has 3 aliphatic rings. The van der Waals surface area contributed by atoms with Gasteiger partial charge < -0.3 is 29.0 Å². The van der Waals surface area contributed by atoms with E-state index in [1.807, 2.05) is 53.1 Å². The van der Waals surface area contributed by atoms with Crippen LogP contribution in [0.1, 0.15) is 35.5 Å². The number of fused-ring (bicyclic) bond motifs is 13. The van der Waals surface area contributed by atoms with E-state index in [9.17, 15) is 14.7 Å². The summed E-state index contributed by atoms with van der Waals surface area (Å²) in [6, 6.07) is 15.8. The van der Waals surface area contributed by atoms with E-state index in [0.29, 0.717) is 12.1 Å². The first kappa shape index (κ1) is 19.4. The Morgan fingerprint density at radius 2 is 1.77 bits per heavy atom. The molecule has 174 valence electrons. The minimum Gasteiger partial charge on any atom is -0.467 e. The normalized spacial score (nSPS) is 26.7. The lowest BCUT2D eigenvalue weighted by atomic mass is 9.88. The molecule has 2 N–H and O–H groups in total. The Kier molecular flexibility index (Phi) is 3.24. The van der Waals surface area contributed by atoms with Crippen molar-refractivity contribution in [1.82, 2.24) is 14.5 Å². The number of rotatable bonds is 1. The summed E-state index contributed by atoms with van der Waals surface area (Å²) in [5.41, 5.74) is 1.69. The zero-order chi connectivity index (χ0) is 23.9. The van der Waals surface area contributed by atoms with E-state index in [1.165, 1.54) is 7.11 Å². The fraction of sp³-hybridized carbons (Fsp3) is 0.259. The van der Waals surface area contributed by atoms with Gasteiger partial charge in [-0.15, -0.1) is 0 Å². The van der Waals surface area contributed by atoms with Gasteiger partial charge in [0.2, 0.25) is 5.60 Å². The van der Waals surface area contributed by atoms with E-state index in [2.05, 4.69) is 9.88 Å². The van der Waals surface area contributed by atoms with Gasteiger partial charge in [0, 0.05) is 34.5 Å². The number of carbonyl (C=O) groups is 2. The summed E-state index contributed by atoms with van der Waals surface area (Å²) in [4.78, 5) is 26.3. The van der Waals surface area contributed by atoms with E-state index >= 15 is 0 Å². The first-order valence-electron chi connectivity index (χ1n) is 11.7. The Morgan fingerprint density at radius 3 is 2.51 bits per heavy atom. The van der Waals surface area contributed by atoms with Crippen molar-refractivity contribution in [3.8, 4) is 0 Å². The van der Waals surface area contributed by atoms with E-state index in [-0.39, 0.29) is 12.3 Å². The van der Waals surface area contributed by atoms with Gasteiger partial charge in [0.15, 0.2) is 5.72 Å². The summed E-state index contributed by atoms with van der Waals surface area (Å²) in [6.07, 6.45) is -0.628. The Hall–Kier alpha value is -3.88. The highest BCUT2D eigenvalue weighted by molar-refractivity contribution is 6.31. The quantitative estimate of drug-likeness (QED) is 0.367. The minimum absolute atomic E-state index is 0.0146. The Labute approximate surface area is 198 Å². The van der Waals surface area contributed by atoms with E-state index in [0.717, 1.165) is 49.2 Å². The molecule has 8 nitrogen and oxygen atoms in total. The maximum atomic E-state index is 13.2. The summed E-state index contributed by atoms with van der Waals surface area (Å²) in [5, 5.41) is 18.7. The number of amides is 1. The van der Waals surface area contributed by atoms with Crippen molar-refractivity contribution in [3.63, 3.8) is 0 Å². The molecule has 8 rings (SSSR count). The standard InChI is InChI=1S/C27H21N3O5/c1-26-27(33,25(32)34-2)11-18(35-26)29-16-9-5-3-7-13(16)20-21-15(12-28-24(21)31)19-14-8-4-6-10-17(14)30(26)23(19)22(20)29/h3-10,18,33H,11-12H2,1-2H3,(H,28,31)/t18?,26?,27-/m1/s1. The van der Waals surface area contributed by atoms with Crippen molar-refractivity contribution in [1.29, 1.82) is 0 Å². The van der Waals surface area contributed by atoms with Crippen LogP contribution in [0.3, 0.4) is 0 Å². The number of benzene rings is 3. The molecule has 1 fully saturated rings. The SMILES string of the molecule is COC(=O)[C@]1(O)CC2OC1(C)n1c3ccccc3c3c4c(c5c6ccccc6n2c5c31)C(=O)NC4.